The standard InChI is InChI=1S/C11H16BrNO/c1-2-4-11(8-13)14-10-6-3-5-9(12)7-10/h3,5-7,11H,2,4,8,13H2,1H3. The van der Waals surface area contributed by atoms with Crippen LogP contribution >= 0.6 is 15.9 Å². The molecule has 0 amide bonds. The third kappa shape index (κ3) is 3.68. The molecule has 0 aromatic heterocycles. The van der Waals surface area contributed by atoms with E-state index in [9.17, 15) is 0 Å². The van der Waals surface area contributed by atoms with E-state index in [0.717, 1.165) is 23.1 Å². The van der Waals surface area contributed by atoms with Crippen molar-refractivity contribution < 1.29 is 4.74 Å². The lowest BCUT2D eigenvalue weighted by Gasteiger charge is -2.16. The summed E-state index contributed by atoms with van der Waals surface area (Å²) in [6.07, 6.45) is 2.23. The van der Waals surface area contributed by atoms with Crippen LogP contribution in [0.1, 0.15) is 19.8 Å². The van der Waals surface area contributed by atoms with Gasteiger partial charge in [0.15, 0.2) is 0 Å². The molecule has 0 bridgehead atoms. The molecule has 0 spiro atoms. The van der Waals surface area contributed by atoms with Gasteiger partial charge in [-0.3, -0.25) is 0 Å². The molecule has 1 unspecified atom stereocenters. The van der Waals surface area contributed by atoms with Crippen LogP contribution in [0.15, 0.2) is 28.7 Å². The lowest BCUT2D eigenvalue weighted by molar-refractivity contribution is 0.198. The highest BCUT2D eigenvalue weighted by atomic mass is 79.9. The van der Waals surface area contributed by atoms with Gasteiger partial charge in [-0.2, -0.15) is 0 Å². The van der Waals surface area contributed by atoms with Crippen LogP contribution in [0, 0.1) is 0 Å². The Hall–Kier alpha value is -0.540. The molecule has 0 radical (unpaired) electrons. The second-order valence-corrected chi connectivity index (χ2v) is 4.14. The second kappa shape index (κ2) is 6.04. The molecular weight excluding hydrogens is 242 g/mol. The molecule has 1 aromatic carbocycles. The fraction of sp³-hybridized carbons (Fsp3) is 0.455. The van der Waals surface area contributed by atoms with E-state index in [1.807, 2.05) is 24.3 Å². The molecule has 0 heterocycles. The molecule has 0 saturated heterocycles. The lowest BCUT2D eigenvalue weighted by Crippen LogP contribution is -2.26. The average molecular weight is 258 g/mol. The highest BCUT2D eigenvalue weighted by Crippen LogP contribution is 2.19. The highest BCUT2D eigenvalue weighted by molar-refractivity contribution is 9.10. The summed E-state index contributed by atoms with van der Waals surface area (Å²) in [4.78, 5) is 0. The summed E-state index contributed by atoms with van der Waals surface area (Å²) < 4.78 is 6.76. The first-order chi connectivity index (χ1) is 6.76. The summed E-state index contributed by atoms with van der Waals surface area (Å²) >= 11 is 3.40. The molecule has 2 nitrogen and oxygen atoms in total. The van der Waals surface area contributed by atoms with Gasteiger partial charge in [-0.1, -0.05) is 35.3 Å². The Kier molecular flexibility index (Phi) is 4.98. The minimum absolute atomic E-state index is 0.134. The monoisotopic (exact) mass is 257 g/mol. The fourth-order valence-corrected chi connectivity index (χ4v) is 1.66. The maximum absolute atomic E-state index is 5.73. The second-order valence-electron chi connectivity index (χ2n) is 3.22. The van der Waals surface area contributed by atoms with Crippen LogP contribution in [0.25, 0.3) is 0 Å². The Balaban J connectivity index is 2.57. The van der Waals surface area contributed by atoms with E-state index in [2.05, 4.69) is 22.9 Å². The van der Waals surface area contributed by atoms with E-state index >= 15 is 0 Å². The Morgan fingerprint density at radius 3 is 2.86 bits per heavy atom. The number of ether oxygens (including phenoxy) is 1. The van der Waals surface area contributed by atoms with Gasteiger partial charge in [0.1, 0.15) is 11.9 Å². The highest BCUT2D eigenvalue weighted by Gasteiger charge is 2.06. The van der Waals surface area contributed by atoms with Crippen LogP contribution in [0.5, 0.6) is 5.75 Å². The van der Waals surface area contributed by atoms with Crippen molar-refractivity contribution in [3.63, 3.8) is 0 Å². The van der Waals surface area contributed by atoms with Gasteiger partial charge in [-0.05, 0) is 24.6 Å². The van der Waals surface area contributed by atoms with Gasteiger partial charge in [0.2, 0.25) is 0 Å². The molecule has 0 fully saturated rings. The Morgan fingerprint density at radius 1 is 1.50 bits per heavy atom. The molecule has 14 heavy (non-hydrogen) atoms. The van der Waals surface area contributed by atoms with E-state index in [1.54, 1.807) is 0 Å². The summed E-state index contributed by atoms with van der Waals surface area (Å²) in [7, 11) is 0. The van der Waals surface area contributed by atoms with Crippen molar-refractivity contribution in [3.05, 3.63) is 28.7 Å². The lowest BCUT2D eigenvalue weighted by atomic mass is 10.2. The number of hydrogen-bond acceptors (Lipinski definition) is 2. The number of rotatable bonds is 5. The van der Waals surface area contributed by atoms with Crippen LogP contribution in [0.2, 0.25) is 0 Å². The van der Waals surface area contributed by atoms with E-state index in [1.165, 1.54) is 0 Å². The number of benzene rings is 1. The van der Waals surface area contributed by atoms with Gasteiger partial charge < -0.3 is 10.5 Å². The van der Waals surface area contributed by atoms with Crippen LogP contribution in [0.3, 0.4) is 0 Å². The Labute approximate surface area is 93.6 Å². The molecule has 1 rings (SSSR count). The van der Waals surface area contributed by atoms with Gasteiger partial charge in [-0.15, -0.1) is 0 Å². The van der Waals surface area contributed by atoms with Gasteiger partial charge in [-0.25, -0.2) is 0 Å². The fourth-order valence-electron chi connectivity index (χ4n) is 1.28. The molecule has 3 heteroatoms. The zero-order valence-corrected chi connectivity index (χ0v) is 9.96. The van der Waals surface area contributed by atoms with E-state index < -0.39 is 0 Å². The summed E-state index contributed by atoms with van der Waals surface area (Å²) in [5.41, 5.74) is 5.61. The first-order valence-electron chi connectivity index (χ1n) is 4.88. The van der Waals surface area contributed by atoms with Gasteiger partial charge in [0, 0.05) is 11.0 Å². The summed E-state index contributed by atoms with van der Waals surface area (Å²) in [5.74, 6) is 0.878. The van der Waals surface area contributed by atoms with E-state index in [-0.39, 0.29) is 6.10 Å². The molecular formula is C11H16BrNO. The number of hydrogen-bond donors (Lipinski definition) is 1. The normalized spacial score (nSPS) is 12.5. The minimum Gasteiger partial charge on any atom is -0.489 e. The molecule has 78 valence electrons. The smallest absolute Gasteiger partial charge is 0.120 e. The summed E-state index contributed by atoms with van der Waals surface area (Å²) in [5, 5.41) is 0. The van der Waals surface area contributed by atoms with Gasteiger partial charge in [0.05, 0.1) is 0 Å². The van der Waals surface area contributed by atoms with Crippen molar-refractivity contribution in [1.29, 1.82) is 0 Å². The molecule has 0 aliphatic rings. The topological polar surface area (TPSA) is 35.2 Å². The van der Waals surface area contributed by atoms with Crippen molar-refractivity contribution in [3.8, 4) is 5.75 Å². The van der Waals surface area contributed by atoms with Crippen LogP contribution in [-0.4, -0.2) is 12.6 Å². The third-order valence-electron chi connectivity index (χ3n) is 1.97. The number of nitrogens with two attached hydrogens (primary N) is 1. The van der Waals surface area contributed by atoms with Gasteiger partial charge in [0.25, 0.3) is 0 Å². The molecule has 0 aliphatic carbocycles. The summed E-state index contributed by atoms with van der Waals surface area (Å²) in [6, 6.07) is 7.84. The Bertz CT molecular complexity index is 278. The average Bonchev–Trinajstić information content (AvgIpc) is 2.17. The van der Waals surface area contributed by atoms with Crippen LogP contribution < -0.4 is 10.5 Å². The van der Waals surface area contributed by atoms with Gasteiger partial charge >= 0.3 is 0 Å². The van der Waals surface area contributed by atoms with Crippen molar-refractivity contribution in [2.24, 2.45) is 5.73 Å². The molecule has 1 atom stereocenters. The van der Waals surface area contributed by atoms with E-state index in [4.69, 9.17) is 10.5 Å². The maximum Gasteiger partial charge on any atom is 0.120 e. The Morgan fingerprint density at radius 2 is 2.29 bits per heavy atom. The van der Waals surface area contributed by atoms with Crippen molar-refractivity contribution in [2.75, 3.05) is 6.54 Å². The first-order valence-corrected chi connectivity index (χ1v) is 5.68. The molecule has 0 saturated carbocycles. The zero-order valence-electron chi connectivity index (χ0n) is 8.37. The van der Waals surface area contributed by atoms with Crippen molar-refractivity contribution in [1.82, 2.24) is 0 Å². The minimum atomic E-state index is 0.134. The largest absolute Gasteiger partial charge is 0.489 e. The maximum atomic E-state index is 5.73. The molecule has 1 aromatic rings. The third-order valence-corrected chi connectivity index (χ3v) is 2.47. The predicted molar refractivity (Wildman–Crippen MR) is 62.5 cm³/mol. The van der Waals surface area contributed by atoms with Crippen molar-refractivity contribution >= 4 is 15.9 Å². The number of halogens is 1. The summed E-state index contributed by atoms with van der Waals surface area (Å²) in [6.45, 7) is 2.70. The van der Waals surface area contributed by atoms with Crippen LogP contribution in [0.4, 0.5) is 0 Å². The first kappa shape index (κ1) is 11.5. The predicted octanol–water partition coefficient (Wildman–Crippen LogP) is 2.96. The molecule has 2 N–H and O–H groups in total. The molecule has 0 aliphatic heterocycles. The quantitative estimate of drug-likeness (QED) is 0.881. The van der Waals surface area contributed by atoms with Crippen LogP contribution in [-0.2, 0) is 0 Å². The van der Waals surface area contributed by atoms with E-state index in [0.29, 0.717) is 6.54 Å². The SMILES string of the molecule is CCCC(CN)Oc1cccc(Br)c1. The zero-order chi connectivity index (χ0) is 10.4. The van der Waals surface area contributed by atoms with Crippen molar-refractivity contribution in [2.45, 2.75) is 25.9 Å².